The molecule has 0 aromatic carbocycles. The van der Waals surface area contributed by atoms with Gasteiger partial charge in [0.05, 0.1) is 5.97 Å². The van der Waals surface area contributed by atoms with Crippen molar-refractivity contribution in [1.82, 2.24) is 0 Å². The van der Waals surface area contributed by atoms with Crippen molar-refractivity contribution in [2.75, 3.05) is 0 Å². The molecule has 0 amide bonds. The maximum absolute atomic E-state index is 10.2. The Balaban J connectivity index is -0.000000204. The first kappa shape index (κ1) is 57.3. The molecule has 0 saturated carbocycles. The van der Waals surface area contributed by atoms with Gasteiger partial charge in [-0.3, -0.25) is 0 Å². The summed E-state index contributed by atoms with van der Waals surface area (Å²) in [6, 6.07) is 0. The zero-order valence-electron chi connectivity index (χ0n) is 32.2. The number of aliphatic carboxylic acids is 3. The maximum atomic E-state index is 10.2. The van der Waals surface area contributed by atoms with Crippen LogP contribution in [0.4, 0.5) is 0 Å². The minimum Gasteiger partial charge on any atom is -0.550 e. The minimum atomic E-state index is -1.51. The van der Waals surface area contributed by atoms with Crippen LogP contribution < -0.4 is 39.8 Å². The van der Waals surface area contributed by atoms with Crippen LogP contribution in [0.15, 0.2) is 12.2 Å². The summed E-state index contributed by atoms with van der Waals surface area (Å²) in [6.45, 7) is 8.44. The van der Waals surface area contributed by atoms with Gasteiger partial charge in [0.1, 0.15) is 0 Å². The van der Waals surface area contributed by atoms with Crippen LogP contribution in [-0.2, 0) is 14.4 Å². The molecule has 48 heavy (non-hydrogen) atoms. The monoisotopic (exact) mass is 699 g/mol. The summed E-state index contributed by atoms with van der Waals surface area (Å²) < 4.78 is 0. The second-order valence-corrected chi connectivity index (χ2v) is 12.9. The van der Waals surface area contributed by atoms with E-state index in [1.54, 1.807) is 0 Å². The average Bonchev–Trinajstić information content (AvgIpc) is 3.02. The summed E-state index contributed by atoms with van der Waals surface area (Å²) in [5.74, 6) is -3.71. The molecule has 0 radical (unpaired) electrons. The van der Waals surface area contributed by atoms with Gasteiger partial charge in [-0.2, -0.15) is 6.42 Å². The summed E-state index contributed by atoms with van der Waals surface area (Å²) in [5.41, 5.74) is 0. The van der Waals surface area contributed by atoms with Gasteiger partial charge in [-0.05, 0) is 18.9 Å². The van der Waals surface area contributed by atoms with Gasteiger partial charge in [0.25, 0.3) is 0 Å². The van der Waals surface area contributed by atoms with Crippen LogP contribution in [0.2, 0.25) is 0 Å². The van der Waals surface area contributed by atoms with Gasteiger partial charge >= 0.3 is 58.6 Å². The first-order valence-electron chi connectivity index (χ1n) is 19.4. The summed E-state index contributed by atoms with van der Waals surface area (Å²) in [4.78, 5) is 29.2. The summed E-state index contributed by atoms with van der Waals surface area (Å²) in [7, 11) is 0. The Morgan fingerprint density at radius 1 is 0.479 bits per heavy atom. The van der Waals surface area contributed by atoms with Crippen LogP contribution in [0.25, 0.3) is 0 Å². The van der Waals surface area contributed by atoms with Crippen molar-refractivity contribution in [2.24, 2.45) is 0 Å². The van der Waals surface area contributed by atoms with E-state index in [-0.39, 0.29) is 59.0 Å². The van der Waals surface area contributed by atoms with E-state index < -0.39 is 17.9 Å². The molecule has 0 aliphatic rings. The number of carbonyl (C=O) groups is 3. The quantitative estimate of drug-likeness (QED) is 0.0339. The standard InChI is InChI=1S/C18H36O2.C18H37.C4H4O4.Mg.Na/c1-2-3-4-5-6-7-8-9-10-11-12-13-14-15-16-17-18(19)20;1-3-5-7-9-11-13-15-17-18-16-14-12-10-8-6-4-2;5-3(6)1-2-4(7)8;;/h2-17H2,1H3,(H,19,20);1,3-18H2,2H3;1-2H,(H,5,6)(H,7,8);;/q;-1;;+2;+1/p-2/b;;2-1+;;. The Labute approximate surface area is 336 Å². The molecule has 0 heterocycles. The molecule has 0 saturated heterocycles. The fourth-order valence-electron chi connectivity index (χ4n) is 5.33. The van der Waals surface area contributed by atoms with Crippen molar-refractivity contribution in [2.45, 2.75) is 219 Å². The molecule has 0 aromatic rings. The molecule has 0 aromatic heterocycles. The third kappa shape index (κ3) is 68.0. The summed E-state index contributed by atoms with van der Waals surface area (Å²) in [6.07, 6.45) is 43.6. The van der Waals surface area contributed by atoms with Crippen molar-refractivity contribution < 1.29 is 59.3 Å². The molecule has 8 heteroatoms. The third-order valence-electron chi connectivity index (χ3n) is 8.20. The molecular formula is C40H75MgNaO6. The van der Waals surface area contributed by atoms with Crippen LogP contribution in [0.1, 0.15) is 219 Å². The number of carboxylic acid groups (broad SMARTS) is 3. The Hall–Kier alpha value is -0.0838. The molecule has 274 valence electrons. The molecule has 0 fully saturated rings. The summed E-state index contributed by atoms with van der Waals surface area (Å²) in [5, 5.41) is 27.4. The third-order valence-corrected chi connectivity index (χ3v) is 8.20. The van der Waals surface area contributed by atoms with E-state index in [9.17, 15) is 24.6 Å². The maximum Gasteiger partial charge on any atom is 2.00 e. The number of carbonyl (C=O) groups excluding carboxylic acids is 2. The first-order chi connectivity index (χ1) is 22.3. The average molecular weight is 699 g/mol. The van der Waals surface area contributed by atoms with Crippen LogP contribution in [-0.4, -0.2) is 46.1 Å². The van der Waals surface area contributed by atoms with E-state index in [1.165, 1.54) is 180 Å². The van der Waals surface area contributed by atoms with Crippen LogP contribution in [0.3, 0.4) is 0 Å². The van der Waals surface area contributed by atoms with Crippen LogP contribution in [0.5, 0.6) is 0 Å². The van der Waals surface area contributed by atoms with Crippen molar-refractivity contribution in [1.29, 1.82) is 0 Å². The second kappa shape index (κ2) is 53.7. The van der Waals surface area contributed by atoms with Crippen molar-refractivity contribution in [3.05, 3.63) is 19.1 Å². The molecule has 0 bridgehead atoms. The molecule has 6 nitrogen and oxygen atoms in total. The fraction of sp³-hybridized carbons (Fsp3) is 0.850. The molecule has 0 unspecified atom stereocenters. The molecule has 0 rings (SSSR count). The van der Waals surface area contributed by atoms with Gasteiger partial charge in [0.15, 0.2) is 0 Å². The minimum absolute atomic E-state index is 0. The zero-order chi connectivity index (χ0) is 34.8. The predicted molar refractivity (Wildman–Crippen MR) is 197 cm³/mol. The Bertz CT molecular complexity index is 628. The van der Waals surface area contributed by atoms with Gasteiger partial charge < -0.3 is 31.8 Å². The molecule has 0 spiro atoms. The van der Waals surface area contributed by atoms with E-state index in [0.29, 0.717) is 12.2 Å². The van der Waals surface area contributed by atoms with Crippen LogP contribution >= 0.6 is 0 Å². The Morgan fingerprint density at radius 2 is 0.729 bits per heavy atom. The first-order valence-corrected chi connectivity index (χ1v) is 19.4. The predicted octanol–water partition coefficient (Wildman–Crippen LogP) is 7.08. The van der Waals surface area contributed by atoms with E-state index in [4.69, 9.17) is 5.11 Å². The number of rotatable bonds is 33. The smallest absolute Gasteiger partial charge is 0.550 e. The van der Waals surface area contributed by atoms with E-state index in [1.807, 2.05) is 0 Å². The van der Waals surface area contributed by atoms with E-state index in [0.717, 1.165) is 19.3 Å². The topological polar surface area (TPSA) is 118 Å². The zero-order valence-corrected chi connectivity index (χ0v) is 35.6. The number of carboxylic acids is 3. The van der Waals surface area contributed by atoms with Crippen LogP contribution in [0, 0.1) is 6.92 Å². The molecule has 0 aliphatic heterocycles. The normalized spacial score (nSPS) is 10.2. The largest absolute Gasteiger partial charge is 2.00 e. The number of hydrogen-bond donors (Lipinski definition) is 1. The van der Waals surface area contributed by atoms with E-state index >= 15 is 0 Å². The fourth-order valence-corrected chi connectivity index (χ4v) is 5.33. The second-order valence-electron chi connectivity index (χ2n) is 12.9. The van der Waals surface area contributed by atoms with Gasteiger partial charge in [-0.15, -0.1) is 0 Å². The van der Waals surface area contributed by atoms with Crippen molar-refractivity contribution in [3.8, 4) is 0 Å². The van der Waals surface area contributed by atoms with Gasteiger partial charge in [0.2, 0.25) is 0 Å². The Kier molecular flexibility index (Phi) is 64.1. The van der Waals surface area contributed by atoms with Gasteiger partial charge in [-0.1, -0.05) is 200 Å². The SMILES string of the molecule is CCCCCCCCCCCCCCCCCC(=O)[O-].O=C([O-])/C=C/C(=O)O.[CH2-]CCCCCCCCCCCCCCCCC.[Mg+2].[Na+]. The molecule has 0 aliphatic carbocycles. The van der Waals surface area contributed by atoms with Crippen molar-refractivity contribution >= 4 is 41.0 Å². The molecular weight excluding hydrogens is 624 g/mol. The Morgan fingerprint density at radius 3 is 0.917 bits per heavy atom. The van der Waals surface area contributed by atoms with E-state index in [2.05, 4.69) is 20.8 Å². The summed E-state index contributed by atoms with van der Waals surface area (Å²) >= 11 is 0. The number of unbranched alkanes of at least 4 members (excludes halogenated alkanes) is 29. The molecule has 1 N–H and O–H groups in total. The van der Waals surface area contributed by atoms with Gasteiger partial charge in [-0.25, -0.2) is 4.79 Å². The molecule has 0 atom stereocenters. The number of hydrogen-bond acceptors (Lipinski definition) is 5. The van der Waals surface area contributed by atoms with Crippen molar-refractivity contribution in [3.63, 3.8) is 0 Å². The van der Waals surface area contributed by atoms with Gasteiger partial charge in [0, 0.05) is 12.0 Å².